The smallest absolute Gasteiger partial charge is 0.137 e. The van der Waals surface area contributed by atoms with E-state index in [1.54, 1.807) is 0 Å². The van der Waals surface area contributed by atoms with Gasteiger partial charge in [0.05, 0.1) is 12.0 Å². The number of rotatable bonds is 3. The van der Waals surface area contributed by atoms with Crippen LogP contribution in [0.2, 0.25) is 0 Å². The first kappa shape index (κ1) is 8.47. The zero-order valence-corrected chi connectivity index (χ0v) is 7.60. The molecule has 0 spiro atoms. The molecule has 0 heterocycles. The minimum absolute atomic E-state index is 0.509. The highest BCUT2D eigenvalue weighted by atomic mass is 32.2. The fraction of sp³-hybridized carbons (Fsp3) is 0.333. The second-order valence-corrected chi connectivity index (χ2v) is 3.84. The summed E-state index contributed by atoms with van der Waals surface area (Å²) in [5.41, 5.74) is 0. The topological polar surface area (TPSA) is 9.23 Å². The fourth-order valence-corrected chi connectivity index (χ4v) is 1.04. The zero-order valence-electron chi connectivity index (χ0n) is 6.78. The molecule has 0 saturated heterocycles. The number of para-hydroxylation sites is 1. The Bertz CT molecular complexity index is 196. The van der Waals surface area contributed by atoms with E-state index in [0.717, 1.165) is 5.75 Å². The molecule has 0 aliphatic heterocycles. The maximum absolute atomic E-state index is 5.38. The van der Waals surface area contributed by atoms with Crippen LogP contribution in [-0.2, 0) is 0 Å². The van der Waals surface area contributed by atoms with E-state index in [4.69, 9.17) is 4.18 Å². The fourth-order valence-electron chi connectivity index (χ4n) is 0.628. The summed E-state index contributed by atoms with van der Waals surface area (Å²) in [5, 5.41) is 0.509. The van der Waals surface area contributed by atoms with Gasteiger partial charge in [-0.15, -0.1) is 0 Å². The minimum Gasteiger partial charge on any atom is -0.426 e. The van der Waals surface area contributed by atoms with Crippen molar-refractivity contribution >= 4 is 12.0 Å². The highest BCUT2D eigenvalue weighted by Crippen LogP contribution is 2.18. The molecular formula is C9H12OS. The molecule has 0 bridgehead atoms. The third kappa shape index (κ3) is 3.33. The van der Waals surface area contributed by atoms with Crippen LogP contribution >= 0.6 is 12.0 Å². The molecule has 0 saturated carbocycles. The van der Waals surface area contributed by atoms with Gasteiger partial charge in [0, 0.05) is 5.25 Å². The van der Waals surface area contributed by atoms with Gasteiger partial charge in [0.2, 0.25) is 0 Å². The Balaban J connectivity index is 2.39. The van der Waals surface area contributed by atoms with Gasteiger partial charge >= 0.3 is 0 Å². The lowest BCUT2D eigenvalue weighted by Gasteiger charge is -2.04. The summed E-state index contributed by atoms with van der Waals surface area (Å²) in [7, 11) is 0. The van der Waals surface area contributed by atoms with Gasteiger partial charge < -0.3 is 4.18 Å². The molecule has 0 unspecified atom stereocenters. The Hall–Kier alpha value is -0.630. The van der Waals surface area contributed by atoms with Crippen molar-refractivity contribution in [1.29, 1.82) is 0 Å². The standard InChI is InChI=1S/C9H12OS/c1-8(2)11-10-9-6-4-3-5-7-9/h3-8H,1-2H3. The molecule has 0 amide bonds. The average molecular weight is 168 g/mol. The van der Waals surface area contributed by atoms with Gasteiger partial charge in [-0.05, 0) is 12.1 Å². The van der Waals surface area contributed by atoms with Crippen LogP contribution in [-0.4, -0.2) is 5.25 Å². The molecule has 0 aliphatic rings. The Labute approximate surface area is 72.0 Å². The highest BCUT2D eigenvalue weighted by molar-refractivity contribution is 7.95. The Kier molecular flexibility index (Phi) is 3.30. The maximum Gasteiger partial charge on any atom is 0.137 e. The van der Waals surface area contributed by atoms with Gasteiger partial charge in [-0.3, -0.25) is 0 Å². The molecule has 60 valence electrons. The first-order valence-electron chi connectivity index (χ1n) is 3.67. The maximum atomic E-state index is 5.38. The van der Waals surface area contributed by atoms with Crippen molar-refractivity contribution in [3.8, 4) is 5.75 Å². The summed E-state index contributed by atoms with van der Waals surface area (Å²) in [4.78, 5) is 0. The van der Waals surface area contributed by atoms with Gasteiger partial charge in [-0.1, -0.05) is 32.0 Å². The van der Waals surface area contributed by atoms with Crippen LogP contribution in [0.25, 0.3) is 0 Å². The van der Waals surface area contributed by atoms with Crippen LogP contribution in [0.1, 0.15) is 13.8 Å². The van der Waals surface area contributed by atoms with E-state index < -0.39 is 0 Å². The molecule has 11 heavy (non-hydrogen) atoms. The van der Waals surface area contributed by atoms with Crippen molar-refractivity contribution in [3.05, 3.63) is 30.3 Å². The van der Waals surface area contributed by atoms with Gasteiger partial charge in [-0.25, -0.2) is 0 Å². The summed E-state index contributed by atoms with van der Waals surface area (Å²) in [6.45, 7) is 4.21. The lowest BCUT2D eigenvalue weighted by molar-refractivity contribution is 0.639. The lowest BCUT2D eigenvalue weighted by Crippen LogP contribution is -1.90. The van der Waals surface area contributed by atoms with Crippen LogP contribution in [0.4, 0.5) is 0 Å². The van der Waals surface area contributed by atoms with E-state index in [1.165, 1.54) is 12.0 Å². The van der Waals surface area contributed by atoms with Gasteiger partial charge in [0.1, 0.15) is 5.75 Å². The Morgan fingerprint density at radius 1 is 1.18 bits per heavy atom. The second-order valence-electron chi connectivity index (χ2n) is 2.54. The lowest BCUT2D eigenvalue weighted by atomic mass is 10.3. The average Bonchev–Trinajstić information content (AvgIpc) is 2.03. The van der Waals surface area contributed by atoms with Crippen molar-refractivity contribution in [2.24, 2.45) is 0 Å². The van der Waals surface area contributed by atoms with Crippen molar-refractivity contribution in [2.45, 2.75) is 19.1 Å². The predicted octanol–water partition coefficient (Wildman–Crippen LogP) is 3.12. The van der Waals surface area contributed by atoms with Crippen LogP contribution in [0, 0.1) is 0 Å². The van der Waals surface area contributed by atoms with Crippen LogP contribution < -0.4 is 4.18 Å². The third-order valence-electron chi connectivity index (χ3n) is 1.08. The molecule has 2 heteroatoms. The molecular weight excluding hydrogens is 156 g/mol. The van der Waals surface area contributed by atoms with Crippen LogP contribution in [0.15, 0.2) is 30.3 Å². The molecule has 0 aliphatic carbocycles. The van der Waals surface area contributed by atoms with E-state index in [9.17, 15) is 0 Å². The molecule has 1 aromatic carbocycles. The number of hydrogen-bond donors (Lipinski definition) is 0. The normalized spacial score (nSPS) is 10.1. The molecule has 1 nitrogen and oxygen atoms in total. The Morgan fingerprint density at radius 3 is 2.36 bits per heavy atom. The van der Waals surface area contributed by atoms with E-state index in [0.29, 0.717) is 5.25 Å². The first-order valence-corrected chi connectivity index (χ1v) is 4.48. The SMILES string of the molecule is CC(C)SOc1ccccc1. The largest absolute Gasteiger partial charge is 0.426 e. The second kappa shape index (κ2) is 4.29. The van der Waals surface area contributed by atoms with Crippen molar-refractivity contribution in [1.82, 2.24) is 0 Å². The molecule has 1 aromatic rings. The monoisotopic (exact) mass is 168 g/mol. The summed E-state index contributed by atoms with van der Waals surface area (Å²) >= 11 is 1.48. The predicted molar refractivity (Wildman–Crippen MR) is 49.8 cm³/mol. The van der Waals surface area contributed by atoms with E-state index >= 15 is 0 Å². The summed E-state index contributed by atoms with van der Waals surface area (Å²) in [6.07, 6.45) is 0. The molecule has 0 aromatic heterocycles. The highest BCUT2D eigenvalue weighted by Gasteiger charge is 1.95. The van der Waals surface area contributed by atoms with Crippen molar-refractivity contribution in [2.75, 3.05) is 0 Å². The molecule has 0 N–H and O–H groups in total. The number of hydrogen-bond acceptors (Lipinski definition) is 2. The molecule has 0 atom stereocenters. The van der Waals surface area contributed by atoms with E-state index in [2.05, 4.69) is 13.8 Å². The zero-order chi connectivity index (χ0) is 8.10. The van der Waals surface area contributed by atoms with Crippen molar-refractivity contribution < 1.29 is 4.18 Å². The van der Waals surface area contributed by atoms with Crippen molar-refractivity contribution in [3.63, 3.8) is 0 Å². The third-order valence-corrected chi connectivity index (χ3v) is 1.75. The Morgan fingerprint density at radius 2 is 1.82 bits per heavy atom. The molecule has 0 fully saturated rings. The summed E-state index contributed by atoms with van der Waals surface area (Å²) in [6, 6.07) is 9.82. The molecule has 0 radical (unpaired) electrons. The number of benzene rings is 1. The minimum atomic E-state index is 0.509. The van der Waals surface area contributed by atoms with Crippen LogP contribution in [0.5, 0.6) is 5.75 Å². The van der Waals surface area contributed by atoms with Gasteiger partial charge in [-0.2, -0.15) is 0 Å². The first-order chi connectivity index (χ1) is 5.29. The van der Waals surface area contributed by atoms with Gasteiger partial charge in [0.25, 0.3) is 0 Å². The van der Waals surface area contributed by atoms with Crippen LogP contribution in [0.3, 0.4) is 0 Å². The molecule has 1 rings (SSSR count). The van der Waals surface area contributed by atoms with E-state index in [1.807, 2.05) is 30.3 Å². The van der Waals surface area contributed by atoms with E-state index in [-0.39, 0.29) is 0 Å². The summed E-state index contributed by atoms with van der Waals surface area (Å²) < 4.78 is 5.38. The quantitative estimate of drug-likeness (QED) is 0.641. The van der Waals surface area contributed by atoms with Gasteiger partial charge in [0.15, 0.2) is 0 Å². The summed E-state index contributed by atoms with van der Waals surface area (Å²) in [5.74, 6) is 0.922.